The minimum Gasteiger partial charge on any atom is -0.331 e. The van der Waals surface area contributed by atoms with E-state index < -0.39 is 0 Å². The highest BCUT2D eigenvalue weighted by Crippen LogP contribution is 2.19. The average molecular weight is 352 g/mol. The molecule has 0 spiro atoms. The van der Waals surface area contributed by atoms with Crippen LogP contribution in [0.15, 0.2) is 77.6 Å². The number of carbonyl (C=O) groups is 1. The summed E-state index contributed by atoms with van der Waals surface area (Å²) in [5, 5.41) is 4.07. The molecule has 0 fully saturated rings. The van der Waals surface area contributed by atoms with Gasteiger partial charge in [0, 0.05) is 22.0 Å². The summed E-state index contributed by atoms with van der Waals surface area (Å²) in [5.41, 5.74) is 2.78. The molecule has 0 saturated heterocycles. The van der Waals surface area contributed by atoms with Gasteiger partial charge in [-0.05, 0) is 42.5 Å². The molecule has 0 unspecified atom stereocenters. The number of nitrogens with zero attached hydrogens (tertiary/aromatic N) is 1. The first-order valence-corrected chi connectivity index (χ1v) is 8.54. The van der Waals surface area contributed by atoms with Crippen molar-refractivity contribution in [1.29, 1.82) is 0 Å². The van der Waals surface area contributed by atoms with E-state index in [0.717, 1.165) is 11.0 Å². The van der Waals surface area contributed by atoms with Crippen LogP contribution in [0.25, 0.3) is 21.8 Å². The molecule has 1 aromatic heterocycles. The third-order valence-corrected chi connectivity index (χ3v) is 4.49. The second-order valence-electron chi connectivity index (χ2n) is 6.22. The summed E-state index contributed by atoms with van der Waals surface area (Å²) in [6.45, 7) is 0.0849. The van der Waals surface area contributed by atoms with E-state index in [0.29, 0.717) is 22.0 Å². The molecule has 130 valence electrons. The number of terminal acetylenes is 1. The summed E-state index contributed by atoms with van der Waals surface area (Å²) in [7, 11) is 0. The van der Waals surface area contributed by atoms with E-state index in [1.54, 1.807) is 36.4 Å². The van der Waals surface area contributed by atoms with Gasteiger partial charge in [0.05, 0.1) is 11.0 Å². The lowest BCUT2D eigenvalue weighted by atomic mass is 10.1. The molecule has 4 aromatic rings. The summed E-state index contributed by atoms with van der Waals surface area (Å²) in [4.78, 5) is 25.4. The van der Waals surface area contributed by atoms with Gasteiger partial charge in [0.2, 0.25) is 5.91 Å². The highest BCUT2D eigenvalue weighted by atomic mass is 16.2. The minimum atomic E-state index is -0.192. The first-order chi connectivity index (χ1) is 13.2. The van der Waals surface area contributed by atoms with E-state index in [2.05, 4.69) is 11.2 Å². The Kier molecular flexibility index (Phi) is 4.19. The second kappa shape index (κ2) is 6.81. The Morgan fingerprint density at radius 3 is 2.19 bits per heavy atom. The zero-order valence-corrected chi connectivity index (χ0v) is 14.5. The van der Waals surface area contributed by atoms with Crippen molar-refractivity contribution in [3.63, 3.8) is 0 Å². The molecule has 0 bridgehead atoms. The molecule has 3 aromatic carbocycles. The Morgan fingerprint density at radius 1 is 0.926 bits per heavy atom. The number of para-hydroxylation sites is 2. The number of aromatic nitrogens is 1. The van der Waals surface area contributed by atoms with Gasteiger partial charge in [0.25, 0.3) is 0 Å². The van der Waals surface area contributed by atoms with E-state index in [-0.39, 0.29) is 17.9 Å². The topological polar surface area (TPSA) is 51.1 Å². The summed E-state index contributed by atoms with van der Waals surface area (Å²) >= 11 is 0. The third kappa shape index (κ3) is 3.07. The van der Waals surface area contributed by atoms with Gasteiger partial charge in [-0.25, -0.2) is 0 Å². The predicted molar refractivity (Wildman–Crippen MR) is 109 cm³/mol. The number of hydrogen-bond donors (Lipinski definition) is 1. The lowest BCUT2D eigenvalue weighted by Gasteiger charge is -2.15. The van der Waals surface area contributed by atoms with Gasteiger partial charge in [0.1, 0.15) is 6.54 Å². The maximum atomic E-state index is 12.8. The standard InChI is InChI=1S/C23H16N2O2/c1-2-16-8-7-9-17(14-16)24-22(26)15-25-20-12-5-3-10-18(20)23(27)19-11-4-6-13-21(19)25/h1,3-14H,15H2,(H,24,26). The number of pyridine rings is 1. The summed E-state index contributed by atoms with van der Waals surface area (Å²) in [5.74, 6) is 2.36. The lowest BCUT2D eigenvalue weighted by Crippen LogP contribution is -2.21. The lowest BCUT2D eigenvalue weighted by molar-refractivity contribution is -0.116. The molecule has 4 heteroatoms. The summed E-state index contributed by atoms with van der Waals surface area (Å²) in [6.07, 6.45) is 5.42. The fraction of sp³-hybridized carbons (Fsp3) is 0.0435. The van der Waals surface area contributed by atoms with E-state index in [1.807, 2.05) is 41.0 Å². The predicted octanol–water partition coefficient (Wildman–Crippen LogP) is 3.77. The quantitative estimate of drug-likeness (QED) is 0.451. The molecule has 27 heavy (non-hydrogen) atoms. The first-order valence-electron chi connectivity index (χ1n) is 8.54. The number of fused-ring (bicyclic) bond motifs is 2. The largest absolute Gasteiger partial charge is 0.331 e. The van der Waals surface area contributed by atoms with Crippen molar-refractivity contribution in [3.05, 3.63) is 88.6 Å². The van der Waals surface area contributed by atoms with Crippen LogP contribution in [0.3, 0.4) is 0 Å². The molecule has 4 nitrogen and oxygen atoms in total. The van der Waals surface area contributed by atoms with Crippen molar-refractivity contribution < 1.29 is 4.79 Å². The summed E-state index contributed by atoms with van der Waals surface area (Å²) in [6, 6.07) is 21.8. The Balaban J connectivity index is 1.78. The second-order valence-corrected chi connectivity index (χ2v) is 6.22. The van der Waals surface area contributed by atoms with Crippen LogP contribution in [0.1, 0.15) is 5.56 Å². The number of hydrogen-bond acceptors (Lipinski definition) is 2. The smallest absolute Gasteiger partial charge is 0.244 e. The van der Waals surface area contributed by atoms with E-state index >= 15 is 0 Å². The Bertz CT molecular complexity index is 1220. The maximum Gasteiger partial charge on any atom is 0.244 e. The molecule has 0 aliphatic rings. The molecule has 0 aliphatic heterocycles. The van der Waals surface area contributed by atoms with E-state index in [9.17, 15) is 9.59 Å². The van der Waals surface area contributed by atoms with Gasteiger partial charge in [-0.1, -0.05) is 36.3 Å². The molecular formula is C23H16N2O2. The average Bonchev–Trinajstić information content (AvgIpc) is 2.71. The van der Waals surface area contributed by atoms with Crippen molar-refractivity contribution in [3.8, 4) is 12.3 Å². The molecule has 0 atom stereocenters. The maximum absolute atomic E-state index is 12.8. The SMILES string of the molecule is C#Cc1cccc(NC(=O)Cn2c3ccccc3c(=O)c3ccccc32)c1. The third-order valence-electron chi connectivity index (χ3n) is 4.49. The Labute approximate surface area is 156 Å². The van der Waals surface area contributed by atoms with Gasteiger partial charge < -0.3 is 9.88 Å². The molecule has 4 rings (SSSR count). The highest BCUT2D eigenvalue weighted by molar-refractivity contribution is 5.97. The van der Waals surface area contributed by atoms with Crippen LogP contribution in [0.5, 0.6) is 0 Å². The van der Waals surface area contributed by atoms with E-state index in [4.69, 9.17) is 6.42 Å². The Hall–Kier alpha value is -3.84. The zero-order chi connectivity index (χ0) is 18.8. The van der Waals surface area contributed by atoms with Crippen LogP contribution in [0, 0.1) is 12.3 Å². The number of amides is 1. The zero-order valence-electron chi connectivity index (χ0n) is 14.5. The fourth-order valence-corrected chi connectivity index (χ4v) is 3.28. The highest BCUT2D eigenvalue weighted by Gasteiger charge is 2.13. The van der Waals surface area contributed by atoms with Gasteiger partial charge in [-0.3, -0.25) is 9.59 Å². The Morgan fingerprint density at radius 2 is 1.56 bits per heavy atom. The van der Waals surface area contributed by atoms with Crippen LogP contribution < -0.4 is 10.7 Å². The minimum absolute atomic E-state index is 0.0282. The first kappa shape index (κ1) is 16.6. The normalized spacial score (nSPS) is 10.6. The van der Waals surface area contributed by atoms with Crippen LogP contribution in [0.4, 0.5) is 5.69 Å². The van der Waals surface area contributed by atoms with Crippen LogP contribution in [-0.2, 0) is 11.3 Å². The van der Waals surface area contributed by atoms with Crippen molar-refractivity contribution in [2.75, 3.05) is 5.32 Å². The number of carbonyl (C=O) groups excluding carboxylic acids is 1. The van der Waals surface area contributed by atoms with Crippen LogP contribution in [0.2, 0.25) is 0 Å². The van der Waals surface area contributed by atoms with Crippen LogP contribution in [-0.4, -0.2) is 10.5 Å². The van der Waals surface area contributed by atoms with Crippen molar-refractivity contribution >= 4 is 33.4 Å². The van der Waals surface area contributed by atoms with Gasteiger partial charge in [-0.2, -0.15) is 0 Å². The molecule has 0 radical (unpaired) electrons. The van der Waals surface area contributed by atoms with Crippen molar-refractivity contribution in [1.82, 2.24) is 4.57 Å². The molecular weight excluding hydrogens is 336 g/mol. The van der Waals surface area contributed by atoms with Gasteiger partial charge in [0.15, 0.2) is 5.43 Å². The summed E-state index contributed by atoms with van der Waals surface area (Å²) < 4.78 is 1.87. The molecule has 1 heterocycles. The monoisotopic (exact) mass is 352 g/mol. The number of nitrogens with one attached hydrogen (secondary N) is 1. The molecule has 1 N–H and O–H groups in total. The fourth-order valence-electron chi connectivity index (χ4n) is 3.28. The molecule has 1 amide bonds. The number of benzene rings is 3. The molecule has 0 aliphatic carbocycles. The van der Waals surface area contributed by atoms with E-state index in [1.165, 1.54) is 0 Å². The number of anilines is 1. The molecule has 0 saturated carbocycles. The van der Waals surface area contributed by atoms with Gasteiger partial charge in [-0.15, -0.1) is 6.42 Å². The van der Waals surface area contributed by atoms with Crippen molar-refractivity contribution in [2.45, 2.75) is 6.54 Å². The van der Waals surface area contributed by atoms with Crippen molar-refractivity contribution in [2.24, 2.45) is 0 Å². The van der Waals surface area contributed by atoms with Crippen LogP contribution >= 0.6 is 0 Å². The number of rotatable bonds is 3. The van der Waals surface area contributed by atoms with Gasteiger partial charge >= 0.3 is 0 Å².